The van der Waals surface area contributed by atoms with Crippen LogP contribution in [0.25, 0.3) is 0 Å². The minimum Gasteiger partial charge on any atom is -0.497 e. The number of carbonyl (C=O) groups is 1. The van der Waals surface area contributed by atoms with E-state index in [1.54, 1.807) is 7.11 Å². The highest BCUT2D eigenvalue weighted by Gasteiger charge is 2.26. The molecule has 1 atom stereocenters. The molecule has 0 radical (unpaired) electrons. The first-order chi connectivity index (χ1) is 12.7. The van der Waals surface area contributed by atoms with E-state index in [4.69, 9.17) is 16.3 Å². The van der Waals surface area contributed by atoms with Crippen LogP contribution in [0.15, 0.2) is 48.5 Å². The second-order valence-electron chi connectivity index (χ2n) is 6.34. The molecule has 0 saturated carbocycles. The van der Waals surface area contributed by atoms with Gasteiger partial charge in [-0.2, -0.15) is 0 Å². The lowest BCUT2D eigenvalue weighted by atomic mass is 10.0. The third kappa shape index (κ3) is 5.84. The van der Waals surface area contributed by atoms with Crippen LogP contribution in [0.1, 0.15) is 17.2 Å². The summed E-state index contributed by atoms with van der Waals surface area (Å²) in [6.45, 7) is 3.29. The van der Waals surface area contributed by atoms with Crippen molar-refractivity contribution in [3.05, 3.63) is 64.7 Å². The maximum atomic E-state index is 12.5. The zero-order valence-electron chi connectivity index (χ0n) is 15.3. The largest absolute Gasteiger partial charge is 0.497 e. The van der Waals surface area contributed by atoms with Gasteiger partial charge >= 0.3 is 0 Å². The highest BCUT2D eigenvalue weighted by molar-refractivity contribution is 6.31. The minimum atomic E-state index is 0. The van der Waals surface area contributed by atoms with Crippen LogP contribution in [-0.2, 0) is 11.3 Å². The van der Waals surface area contributed by atoms with Crippen molar-refractivity contribution >= 4 is 29.9 Å². The lowest BCUT2D eigenvalue weighted by Gasteiger charge is -2.36. The lowest BCUT2D eigenvalue weighted by molar-refractivity contribution is -0.123. The third-order valence-corrected chi connectivity index (χ3v) is 4.93. The molecule has 0 bridgehead atoms. The molecule has 1 heterocycles. The van der Waals surface area contributed by atoms with E-state index in [0.29, 0.717) is 13.1 Å². The van der Waals surface area contributed by atoms with Crippen LogP contribution >= 0.6 is 24.0 Å². The fourth-order valence-electron chi connectivity index (χ4n) is 3.21. The molecule has 0 aliphatic carbocycles. The maximum Gasteiger partial charge on any atom is 0.234 e. The Labute approximate surface area is 171 Å². The highest BCUT2D eigenvalue weighted by atomic mass is 35.5. The van der Waals surface area contributed by atoms with Crippen molar-refractivity contribution in [3.8, 4) is 5.75 Å². The summed E-state index contributed by atoms with van der Waals surface area (Å²) in [5.41, 5.74) is 2.07. The van der Waals surface area contributed by atoms with E-state index in [1.165, 1.54) is 0 Å². The second kappa shape index (κ2) is 10.5. The normalized spacial score (nSPS) is 17.0. The number of nitrogens with one attached hydrogen (secondary N) is 2. The van der Waals surface area contributed by atoms with E-state index in [-0.39, 0.29) is 24.4 Å². The summed E-state index contributed by atoms with van der Waals surface area (Å²) >= 11 is 6.36. The number of benzene rings is 2. The Hall–Kier alpha value is -1.79. The summed E-state index contributed by atoms with van der Waals surface area (Å²) < 4.78 is 5.22. The number of rotatable bonds is 6. The number of piperazine rings is 1. The zero-order valence-corrected chi connectivity index (χ0v) is 16.9. The summed E-state index contributed by atoms with van der Waals surface area (Å²) in [5, 5.41) is 7.12. The van der Waals surface area contributed by atoms with Gasteiger partial charge in [-0.15, -0.1) is 12.4 Å². The van der Waals surface area contributed by atoms with Crippen molar-refractivity contribution in [3.63, 3.8) is 0 Å². The molecular weight excluding hydrogens is 385 g/mol. The van der Waals surface area contributed by atoms with E-state index in [9.17, 15) is 4.79 Å². The smallest absolute Gasteiger partial charge is 0.234 e. The molecule has 0 aromatic heterocycles. The number of halogens is 2. The third-order valence-electron chi connectivity index (χ3n) is 4.59. The predicted molar refractivity (Wildman–Crippen MR) is 111 cm³/mol. The number of nitrogens with zero attached hydrogens (tertiary/aromatic N) is 1. The van der Waals surface area contributed by atoms with Crippen molar-refractivity contribution in [2.24, 2.45) is 0 Å². The molecule has 0 spiro atoms. The van der Waals surface area contributed by atoms with Crippen LogP contribution in [-0.4, -0.2) is 44.1 Å². The summed E-state index contributed by atoms with van der Waals surface area (Å²) in [6, 6.07) is 15.6. The van der Waals surface area contributed by atoms with Crippen molar-refractivity contribution < 1.29 is 9.53 Å². The first-order valence-electron chi connectivity index (χ1n) is 8.76. The summed E-state index contributed by atoms with van der Waals surface area (Å²) in [4.78, 5) is 14.6. The van der Waals surface area contributed by atoms with Gasteiger partial charge in [-0.25, -0.2) is 0 Å². The summed E-state index contributed by atoms with van der Waals surface area (Å²) in [7, 11) is 1.64. The average molecular weight is 410 g/mol. The van der Waals surface area contributed by atoms with E-state index >= 15 is 0 Å². The molecule has 1 fully saturated rings. The molecule has 1 aliphatic rings. The number of hydrogen-bond donors (Lipinski definition) is 2. The van der Waals surface area contributed by atoms with Gasteiger partial charge in [0.1, 0.15) is 5.75 Å². The molecule has 7 heteroatoms. The Morgan fingerprint density at radius 1 is 1.30 bits per heavy atom. The van der Waals surface area contributed by atoms with Crippen LogP contribution in [0.4, 0.5) is 0 Å². The molecule has 2 N–H and O–H groups in total. The minimum absolute atomic E-state index is 0. The first kappa shape index (κ1) is 21.5. The molecule has 2 aromatic carbocycles. The molecule has 2 aromatic rings. The number of ether oxygens (including phenoxy) is 1. The fraction of sp³-hybridized carbons (Fsp3) is 0.350. The predicted octanol–water partition coefficient (Wildman–Crippen LogP) is 3.03. The van der Waals surface area contributed by atoms with Gasteiger partial charge in [-0.1, -0.05) is 41.9 Å². The fourth-order valence-corrected chi connectivity index (χ4v) is 3.47. The van der Waals surface area contributed by atoms with Crippen LogP contribution in [0.2, 0.25) is 5.02 Å². The van der Waals surface area contributed by atoms with Crippen LogP contribution in [0.5, 0.6) is 5.75 Å². The number of methoxy groups -OCH3 is 1. The maximum absolute atomic E-state index is 12.5. The van der Waals surface area contributed by atoms with Crippen LogP contribution in [0, 0.1) is 0 Å². The van der Waals surface area contributed by atoms with Crippen molar-refractivity contribution in [1.82, 2.24) is 15.5 Å². The van der Waals surface area contributed by atoms with Gasteiger partial charge < -0.3 is 15.4 Å². The Morgan fingerprint density at radius 2 is 2.11 bits per heavy atom. The van der Waals surface area contributed by atoms with Crippen LogP contribution < -0.4 is 15.4 Å². The second-order valence-corrected chi connectivity index (χ2v) is 6.75. The Balaban J connectivity index is 0.00000261. The number of hydrogen-bond acceptors (Lipinski definition) is 4. The zero-order chi connectivity index (χ0) is 18.4. The van der Waals surface area contributed by atoms with E-state index in [0.717, 1.165) is 41.5 Å². The number of carbonyl (C=O) groups excluding carboxylic acids is 1. The molecular formula is C20H25Cl2N3O2. The lowest BCUT2D eigenvalue weighted by Crippen LogP contribution is -2.49. The molecule has 3 rings (SSSR count). The quantitative estimate of drug-likeness (QED) is 0.769. The SMILES string of the molecule is COc1cccc(CNC(=O)CN2CCNCC2c2ccccc2Cl)c1.Cl. The monoisotopic (exact) mass is 409 g/mol. The van der Waals surface area contributed by atoms with Crippen molar-refractivity contribution in [1.29, 1.82) is 0 Å². The van der Waals surface area contributed by atoms with Crippen molar-refractivity contribution in [2.75, 3.05) is 33.3 Å². The highest BCUT2D eigenvalue weighted by Crippen LogP contribution is 2.28. The molecule has 1 unspecified atom stereocenters. The van der Waals surface area contributed by atoms with Gasteiger partial charge in [0.2, 0.25) is 5.91 Å². The topological polar surface area (TPSA) is 53.6 Å². The molecule has 1 saturated heterocycles. The van der Waals surface area contributed by atoms with E-state index in [2.05, 4.69) is 15.5 Å². The van der Waals surface area contributed by atoms with Gasteiger partial charge in [-0.3, -0.25) is 9.69 Å². The summed E-state index contributed by atoms with van der Waals surface area (Å²) in [6.07, 6.45) is 0. The van der Waals surface area contributed by atoms with Gasteiger partial charge in [-0.05, 0) is 29.3 Å². The molecule has 5 nitrogen and oxygen atoms in total. The molecule has 1 amide bonds. The Morgan fingerprint density at radius 3 is 2.89 bits per heavy atom. The summed E-state index contributed by atoms with van der Waals surface area (Å²) in [5.74, 6) is 0.796. The van der Waals surface area contributed by atoms with E-state index in [1.807, 2.05) is 48.5 Å². The Kier molecular flexibility index (Phi) is 8.38. The Bertz CT molecular complexity index is 758. The van der Waals surface area contributed by atoms with Gasteiger partial charge in [0.25, 0.3) is 0 Å². The average Bonchev–Trinajstić information content (AvgIpc) is 2.67. The first-order valence-corrected chi connectivity index (χ1v) is 9.14. The van der Waals surface area contributed by atoms with Crippen molar-refractivity contribution in [2.45, 2.75) is 12.6 Å². The molecule has 27 heavy (non-hydrogen) atoms. The van der Waals surface area contributed by atoms with Gasteiger partial charge in [0, 0.05) is 37.2 Å². The molecule has 1 aliphatic heterocycles. The van der Waals surface area contributed by atoms with Gasteiger partial charge in [0.15, 0.2) is 0 Å². The number of amides is 1. The van der Waals surface area contributed by atoms with Crippen LogP contribution in [0.3, 0.4) is 0 Å². The molecule has 146 valence electrons. The standard InChI is InChI=1S/C20H24ClN3O2.ClH/c1-26-16-6-4-5-15(11-16)12-23-20(25)14-24-10-9-22-13-19(24)17-7-2-3-8-18(17)21;/h2-8,11,19,22H,9-10,12-14H2,1H3,(H,23,25);1H. The van der Waals surface area contributed by atoms with Gasteiger partial charge in [0.05, 0.1) is 13.7 Å². The van der Waals surface area contributed by atoms with E-state index < -0.39 is 0 Å².